The van der Waals surface area contributed by atoms with E-state index in [4.69, 9.17) is 0 Å². The second kappa shape index (κ2) is 12.3. The van der Waals surface area contributed by atoms with Gasteiger partial charge in [0, 0.05) is 26.2 Å². The minimum absolute atomic E-state index is 0.0970. The van der Waals surface area contributed by atoms with Gasteiger partial charge in [-0.15, -0.1) is 0 Å². The van der Waals surface area contributed by atoms with Gasteiger partial charge in [0.15, 0.2) is 0 Å². The average molecular weight is 471 g/mol. The third-order valence-electron chi connectivity index (χ3n) is 6.32. The Morgan fingerprint density at radius 1 is 0.771 bits per heavy atom. The molecule has 182 valence electrons. The number of aryl methyl sites for hydroxylation is 1. The summed E-state index contributed by atoms with van der Waals surface area (Å²) in [6, 6.07) is 25.7. The lowest BCUT2D eigenvalue weighted by molar-refractivity contribution is -0.117. The van der Waals surface area contributed by atoms with Crippen molar-refractivity contribution in [2.24, 2.45) is 0 Å². The molecule has 4 rings (SSSR count). The number of nitrogens with zero attached hydrogens (tertiary/aromatic N) is 2. The van der Waals surface area contributed by atoms with E-state index in [1.165, 1.54) is 11.1 Å². The van der Waals surface area contributed by atoms with E-state index >= 15 is 0 Å². The van der Waals surface area contributed by atoms with Gasteiger partial charge in [-0.3, -0.25) is 19.4 Å². The topological polar surface area (TPSA) is 64.7 Å². The second-order valence-electron chi connectivity index (χ2n) is 9.15. The van der Waals surface area contributed by atoms with Crippen LogP contribution in [0.3, 0.4) is 0 Å². The van der Waals surface area contributed by atoms with Gasteiger partial charge in [-0.25, -0.2) is 0 Å². The van der Waals surface area contributed by atoms with E-state index in [0.717, 1.165) is 44.7 Å². The van der Waals surface area contributed by atoms with Gasteiger partial charge >= 0.3 is 0 Å². The van der Waals surface area contributed by atoms with Crippen LogP contribution in [0.5, 0.6) is 0 Å². The van der Waals surface area contributed by atoms with Crippen molar-refractivity contribution in [2.75, 3.05) is 38.0 Å². The highest BCUT2D eigenvalue weighted by atomic mass is 16.2. The van der Waals surface area contributed by atoms with Crippen molar-refractivity contribution in [1.82, 2.24) is 15.1 Å². The number of rotatable bonds is 8. The molecule has 0 aromatic heterocycles. The Hall–Kier alpha value is -3.48. The van der Waals surface area contributed by atoms with E-state index in [-0.39, 0.29) is 11.8 Å². The van der Waals surface area contributed by atoms with Crippen LogP contribution in [0.4, 0.5) is 5.69 Å². The molecule has 0 unspecified atom stereocenters. The number of para-hydroxylation sites is 1. The number of nitrogens with one attached hydrogen (secondary N) is 2. The molecule has 0 aliphatic carbocycles. The van der Waals surface area contributed by atoms with Gasteiger partial charge in [-0.1, -0.05) is 72.3 Å². The number of amides is 2. The fourth-order valence-corrected chi connectivity index (χ4v) is 4.35. The van der Waals surface area contributed by atoms with Crippen LogP contribution in [0.15, 0.2) is 78.9 Å². The van der Waals surface area contributed by atoms with Crippen LogP contribution in [0.25, 0.3) is 0 Å². The Labute approximate surface area is 207 Å². The van der Waals surface area contributed by atoms with Crippen molar-refractivity contribution in [3.8, 4) is 0 Å². The summed E-state index contributed by atoms with van der Waals surface area (Å²) in [5.74, 6) is -0.298. The van der Waals surface area contributed by atoms with Crippen LogP contribution < -0.4 is 10.6 Å². The number of benzene rings is 3. The summed E-state index contributed by atoms with van der Waals surface area (Å²) < 4.78 is 0. The first-order valence-electron chi connectivity index (χ1n) is 12.3. The SMILES string of the molecule is Cc1ccc(CNC(=O)c2ccccc2NC(=O)CN2CCCN(Cc3ccccc3)CC2)cc1. The quantitative estimate of drug-likeness (QED) is 0.521. The maximum atomic E-state index is 12.9. The Morgan fingerprint density at radius 3 is 2.26 bits per heavy atom. The molecule has 1 aliphatic rings. The summed E-state index contributed by atoms with van der Waals surface area (Å²) >= 11 is 0. The molecular weight excluding hydrogens is 436 g/mol. The molecule has 0 saturated carbocycles. The zero-order valence-electron chi connectivity index (χ0n) is 20.4. The number of carbonyl (C=O) groups excluding carboxylic acids is 2. The Morgan fingerprint density at radius 2 is 1.46 bits per heavy atom. The lowest BCUT2D eigenvalue weighted by atomic mass is 10.1. The van der Waals surface area contributed by atoms with Crippen LogP contribution in [0, 0.1) is 6.92 Å². The standard InChI is InChI=1S/C29H34N4O2/c1-23-12-14-24(15-13-23)20-30-29(35)26-10-5-6-11-27(26)31-28(34)22-33-17-7-16-32(18-19-33)21-25-8-3-2-4-9-25/h2-6,8-15H,7,16-22H2,1H3,(H,30,35)(H,31,34). The normalized spacial score (nSPS) is 14.8. The highest BCUT2D eigenvalue weighted by molar-refractivity contribution is 6.04. The molecule has 6 nitrogen and oxygen atoms in total. The Kier molecular flexibility index (Phi) is 8.65. The lowest BCUT2D eigenvalue weighted by Crippen LogP contribution is -2.36. The minimum Gasteiger partial charge on any atom is -0.348 e. The minimum atomic E-state index is -0.201. The molecule has 2 N–H and O–H groups in total. The van der Waals surface area contributed by atoms with Crippen LogP contribution in [-0.2, 0) is 17.9 Å². The fourth-order valence-electron chi connectivity index (χ4n) is 4.35. The summed E-state index contributed by atoms with van der Waals surface area (Å²) in [5, 5.41) is 5.92. The van der Waals surface area contributed by atoms with Crippen molar-refractivity contribution in [3.63, 3.8) is 0 Å². The highest BCUT2D eigenvalue weighted by Crippen LogP contribution is 2.16. The van der Waals surface area contributed by atoms with Crippen LogP contribution >= 0.6 is 0 Å². The highest BCUT2D eigenvalue weighted by Gasteiger charge is 2.19. The molecule has 1 aliphatic heterocycles. The number of hydrogen-bond donors (Lipinski definition) is 2. The molecule has 2 amide bonds. The predicted octanol–water partition coefficient (Wildman–Crippen LogP) is 4.07. The summed E-state index contributed by atoms with van der Waals surface area (Å²) in [6.07, 6.45) is 1.03. The van der Waals surface area contributed by atoms with Gasteiger partial charge < -0.3 is 10.6 Å². The summed E-state index contributed by atoms with van der Waals surface area (Å²) in [4.78, 5) is 30.3. The van der Waals surface area contributed by atoms with Gasteiger partial charge in [-0.05, 0) is 49.7 Å². The van der Waals surface area contributed by atoms with Crippen LogP contribution in [0.2, 0.25) is 0 Å². The maximum Gasteiger partial charge on any atom is 0.253 e. The van der Waals surface area contributed by atoms with E-state index < -0.39 is 0 Å². The average Bonchev–Trinajstić information content (AvgIpc) is 3.09. The van der Waals surface area contributed by atoms with Crippen molar-refractivity contribution in [1.29, 1.82) is 0 Å². The van der Waals surface area contributed by atoms with Crippen molar-refractivity contribution >= 4 is 17.5 Å². The van der Waals surface area contributed by atoms with Gasteiger partial charge in [0.05, 0.1) is 17.8 Å². The lowest BCUT2D eigenvalue weighted by Gasteiger charge is -2.21. The summed E-state index contributed by atoms with van der Waals surface area (Å²) in [7, 11) is 0. The fraction of sp³-hybridized carbons (Fsp3) is 0.310. The maximum absolute atomic E-state index is 12.9. The molecule has 0 spiro atoms. The molecule has 1 heterocycles. The van der Waals surface area contributed by atoms with E-state index in [0.29, 0.717) is 24.3 Å². The molecule has 3 aromatic rings. The molecule has 1 saturated heterocycles. The van der Waals surface area contributed by atoms with Crippen molar-refractivity contribution in [2.45, 2.75) is 26.4 Å². The summed E-state index contributed by atoms with van der Waals surface area (Å²) in [5.41, 5.74) is 4.54. The first kappa shape index (κ1) is 24.6. The van der Waals surface area contributed by atoms with Crippen LogP contribution in [0.1, 0.15) is 33.5 Å². The van der Waals surface area contributed by atoms with Crippen molar-refractivity contribution in [3.05, 3.63) is 101 Å². The largest absolute Gasteiger partial charge is 0.348 e. The summed E-state index contributed by atoms with van der Waals surface area (Å²) in [6.45, 7) is 7.42. The number of anilines is 1. The first-order valence-corrected chi connectivity index (χ1v) is 12.3. The van der Waals surface area contributed by atoms with Gasteiger partial charge in [0.1, 0.15) is 0 Å². The molecule has 3 aromatic carbocycles. The predicted molar refractivity (Wildman–Crippen MR) is 140 cm³/mol. The van der Waals surface area contributed by atoms with E-state index in [2.05, 4.69) is 44.7 Å². The smallest absolute Gasteiger partial charge is 0.253 e. The van der Waals surface area contributed by atoms with Gasteiger partial charge in [-0.2, -0.15) is 0 Å². The first-order chi connectivity index (χ1) is 17.1. The molecule has 0 radical (unpaired) electrons. The molecule has 6 heteroatoms. The van der Waals surface area contributed by atoms with E-state index in [9.17, 15) is 9.59 Å². The van der Waals surface area contributed by atoms with Gasteiger partial charge in [0.25, 0.3) is 5.91 Å². The van der Waals surface area contributed by atoms with Crippen LogP contribution in [-0.4, -0.2) is 54.3 Å². The zero-order chi connectivity index (χ0) is 24.5. The Balaban J connectivity index is 1.28. The van der Waals surface area contributed by atoms with Crippen molar-refractivity contribution < 1.29 is 9.59 Å². The van der Waals surface area contributed by atoms with E-state index in [1.54, 1.807) is 12.1 Å². The number of hydrogen-bond acceptors (Lipinski definition) is 4. The monoisotopic (exact) mass is 470 g/mol. The Bertz CT molecular complexity index is 1120. The second-order valence-corrected chi connectivity index (χ2v) is 9.15. The molecule has 0 atom stereocenters. The molecule has 35 heavy (non-hydrogen) atoms. The molecule has 1 fully saturated rings. The van der Waals surface area contributed by atoms with E-state index in [1.807, 2.05) is 49.4 Å². The third-order valence-corrected chi connectivity index (χ3v) is 6.32. The third kappa shape index (κ3) is 7.50. The number of carbonyl (C=O) groups is 2. The zero-order valence-corrected chi connectivity index (χ0v) is 20.4. The van der Waals surface area contributed by atoms with Gasteiger partial charge in [0.2, 0.25) is 5.91 Å². The molecular formula is C29H34N4O2. The molecule has 0 bridgehead atoms.